The van der Waals surface area contributed by atoms with Crippen molar-refractivity contribution in [2.75, 3.05) is 5.32 Å². The highest BCUT2D eigenvalue weighted by atomic mass is 32.1. The van der Waals surface area contributed by atoms with Crippen LogP contribution in [0.4, 0.5) is 10.1 Å². The van der Waals surface area contributed by atoms with Gasteiger partial charge in [-0.05, 0) is 60.0 Å². The normalized spacial score (nSPS) is 10.9. The minimum Gasteiger partial charge on any atom is -0.485 e. The molecule has 0 saturated heterocycles. The molecule has 1 amide bonds. The van der Waals surface area contributed by atoms with Gasteiger partial charge in [-0.3, -0.25) is 4.79 Å². The predicted molar refractivity (Wildman–Crippen MR) is 122 cm³/mol. The van der Waals surface area contributed by atoms with Crippen LogP contribution in [0.15, 0.2) is 70.6 Å². The smallest absolute Gasteiger partial charge is 0.295 e. The molecule has 0 aliphatic carbocycles. The third-order valence-corrected chi connectivity index (χ3v) is 5.54. The molecule has 0 fully saturated rings. The second-order valence-corrected chi connectivity index (χ2v) is 8.07. The molecule has 3 heterocycles. The average Bonchev–Trinajstić information content (AvgIpc) is 3.60. The van der Waals surface area contributed by atoms with Crippen LogP contribution >= 0.6 is 11.3 Å². The molecule has 0 spiro atoms. The molecule has 2 aromatic carbocycles. The zero-order chi connectivity index (χ0) is 23.5. The largest absolute Gasteiger partial charge is 0.485 e. The molecule has 170 valence electrons. The minimum atomic E-state index is -0.477. The van der Waals surface area contributed by atoms with Gasteiger partial charge >= 0.3 is 0 Å². The number of aryl methyl sites for hydroxylation is 1. The number of hydrogen-bond acceptors (Lipinski definition) is 8. The highest BCUT2D eigenvalue weighted by molar-refractivity contribution is 7.13. The van der Waals surface area contributed by atoms with Crippen LogP contribution in [0.1, 0.15) is 22.3 Å². The summed E-state index contributed by atoms with van der Waals surface area (Å²) in [6.07, 6.45) is 0. The average molecular weight is 476 g/mol. The van der Waals surface area contributed by atoms with E-state index in [0.29, 0.717) is 34.7 Å². The highest BCUT2D eigenvalue weighted by Crippen LogP contribution is 2.26. The maximum absolute atomic E-state index is 13.4. The third-order valence-electron chi connectivity index (χ3n) is 4.67. The molecule has 0 atom stereocenters. The number of ether oxygens (including phenoxy) is 1. The Morgan fingerprint density at radius 2 is 1.91 bits per heavy atom. The van der Waals surface area contributed by atoms with E-state index >= 15 is 0 Å². The lowest BCUT2D eigenvalue weighted by Crippen LogP contribution is -2.14. The molecule has 0 bridgehead atoms. The standard InChI is InChI=1S/C23H17FN6O3S/c1-14-25-20(29-33-14)13-32-18-10-6-16(7-11-18)26-23(31)21-27-22(19-3-2-12-34-19)30(28-21)17-8-4-15(24)5-9-17/h2-12H,13H2,1H3,(H,26,31). The van der Waals surface area contributed by atoms with E-state index in [1.54, 1.807) is 43.3 Å². The van der Waals surface area contributed by atoms with Crippen LogP contribution in [0, 0.1) is 12.7 Å². The van der Waals surface area contributed by atoms with Crippen LogP contribution < -0.4 is 10.1 Å². The summed E-state index contributed by atoms with van der Waals surface area (Å²) in [5.74, 6) is 1.13. The monoisotopic (exact) mass is 476 g/mol. The third kappa shape index (κ3) is 4.69. The Hall–Kier alpha value is -4.38. The lowest BCUT2D eigenvalue weighted by Gasteiger charge is -2.06. The van der Waals surface area contributed by atoms with E-state index in [-0.39, 0.29) is 18.2 Å². The molecule has 0 aliphatic heterocycles. The lowest BCUT2D eigenvalue weighted by molar-refractivity contribution is 0.101. The number of nitrogens with one attached hydrogen (secondary N) is 1. The van der Waals surface area contributed by atoms with E-state index < -0.39 is 5.91 Å². The van der Waals surface area contributed by atoms with Crippen molar-refractivity contribution in [2.45, 2.75) is 13.5 Å². The van der Waals surface area contributed by atoms with Gasteiger partial charge in [0.05, 0.1) is 10.6 Å². The van der Waals surface area contributed by atoms with Gasteiger partial charge in [-0.2, -0.15) is 4.98 Å². The van der Waals surface area contributed by atoms with Gasteiger partial charge in [0.15, 0.2) is 12.4 Å². The number of nitrogens with zero attached hydrogens (tertiary/aromatic N) is 5. The number of carbonyl (C=O) groups is 1. The van der Waals surface area contributed by atoms with E-state index in [9.17, 15) is 9.18 Å². The number of benzene rings is 2. The number of halogens is 1. The Bertz CT molecular complexity index is 1410. The number of amides is 1. The van der Waals surface area contributed by atoms with Crippen molar-refractivity contribution in [3.8, 4) is 22.1 Å². The van der Waals surface area contributed by atoms with Crippen molar-refractivity contribution in [3.63, 3.8) is 0 Å². The SMILES string of the molecule is Cc1nc(COc2ccc(NC(=O)c3nc(-c4cccs4)n(-c4ccc(F)cc4)n3)cc2)no1. The fourth-order valence-corrected chi connectivity index (χ4v) is 3.80. The molecular weight excluding hydrogens is 459 g/mol. The number of hydrogen-bond donors (Lipinski definition) is 1. The number of thiophene rings is 1. The quantitative estimate of drug-likeness (QED) is 0.364. The molecule has 5 rings (SSSR count). The number of anilines is 1. The molecule has 9 nitrogen and oxygen atoms in total. The van der Waals surface area contributed by atoms with Crippen LogP contribution in [0.25, 0.3) is 16.4 Å². The van der Waals surface area contributed by atoms with Gasteiger partial charge in [-0.1, -0.05) is 11.2 Å². The van der Waals surface area contributed by atoms with Crippen molar-refractivity contribution >= 4 is 22.9 Å². The van der Waals surface area contributed by atoms with Gasteiger partial charge in [0, 0.05) is 12.6 Å². The van der Waals surface area contributed by atoms with E-state index in [4.69, 9.17) is 9.26 Å². The summed E-state index contributed by atoms with van der Waals surface area (Å²) in [5, 5.41) is 12.8. The first-order valence-electron chi connectivity index (χ1n) is 10.2. The van der Waals surface area contributed by atoms with Crippen molar-refractivity contribution < 1.29 is 18.4 Å². The molecular formula is C23H17FN6O3S. The zero-order valence-electron chi connectivity index (χ0n) is 17.8. The first-order chi connectivity index (χ1) is 16.5. The van der Waals surface area contributed by atoms with Crippen molar-refractivity contribution in [1.29, 1.82) is 0 Å². The summed E-state index contributed by atoms with van der Waals surface area (Å²) in [5.41, 5.74) is 1.14. The molecule has 0 radical (unpaired) electrons. The first-order valence-corrected chi connectivity index (χ1v) is 11.0. The predicted octanol–water partition coefficient (Wildman–Crippen LogP) is 4.66. The summed E-state index contributed by atoms with van der Waals surface area (Å²) in [6.45, 7) is 1.87. The van der Waals surface area contributed by atoms with Crippen molar-refractivity contribution in [3.05, 3.63) is 89.4 Å². The summed E-state index contributed by atoms with van der Waals surface area (Å²) in [4.78, 5) is 22.2. The van der Waals surface area contributed by atoms with Crippen LogP contribution in [0.3, 0.4) is 0 Å². The number of aromatic nitrogens is 5. The van der Waals surface area contributed by atoms with Gasteiger partial charge in [0.1, 0.15) is 11.6 Å². The van der Waals surface area contributed by atoms with Gasteiger partial charge in [-0.15, -0.1) is 16.4 Å². The molecule has 0 unspecified atom stereocenters. The first kappa shape index (κ1) is 21.5. The minimum absolute atomic E-state index is 0.0134. The summed E-state index contributed by atoms with van der Waals surface area (Å²) < 4.78 is 25.4. The van der Waals surface area contributed by atoms with Crippen molar-refractivity contribution in [2.24, 2.45) is 0 Å². The van der Waals surface area contributed by atoms with E-state index in [1.165, 1.54) is 28.2 Å². The van der Waals surface area contributed by atoms with Gasteiger partial charge in [0.25, 0.3) is 5.91 Å². The van der Waals surface area contributed by atoms with Crippen LogP contribution in [-0.2, 0) is 6.61 Å². The molecule has 1 N–H and O–H groups in total. The second-order valence-electron chi connectivity index (χ2n) is 7.12. The number of rotatable bonds is 7. The lowest BCUT2D eigenvalue weighted by atomic mass is 10.3. The maximum Gasteiger partial charge on any atom is 0.295 e. The second kappa shape index (κ2) is 9.24. The van der Waals surface area contributed by atoms with E-state index in [1.807, 2.05) is 17.5 Å². The van der Waals surface area contributed by atoms with Crippen LogP contribution in [0.5, 0.6) is 5.75 Å². The van der Waals surface area contributed by atoms with Gasteiger partial charge < -0.3 is 14.6 Å². The van der Waals surface area contributed by atoms with Crippen LogP contribution in [-0.4, -0.2) is 30.8 Å². The van der Waals surface area contributed by atoms with Crippen LogP contribution in [0.2, 0.25) is 0 Å². The number of carbonyl (C=O) groups excluding carboxylic acids is 1. The molecule has 11 heteroatoms. The Labute approximate surface area is 196 Å². The topological polar surface area (TPSA) is 108 Å². The summed E-state index contributed by atoms with van der Waals surface area (Å²) >= 11 is 1.47. The van der Waals surface area contributed by atoms with E-state index in [0.717, 1.165) is 4.88 Å². The fraction of sp³-hybridized carbons (Fsp3) is 0.0870. The fourth-order valence-electron chi connectivity index (χ4n) is 3.11. The van der Waals surface area contributed by atoms with Gasteiger partial charge in [-0.25, -0.2) is 14.1 Å². The Kier molecular flexibility index (Phi) is 5.83. The summed E-state index contributed by atoms with van der Waals surface area (Å²) in [6, 6.07) is 16.4. The zero-order valence-corrected chi connectivity index (χ0v) is 18.6. The molecule has 5 aromatic rings. The molecule has 0 aliphatic rings. The van der Waals surface area contributed by atoms with E-state index in [2.05, 4.69) is 25.5 Å². The molecule has 3 aromatic heterocycles. The Balaban J connectivity index is 1.32. The Morgan fingerprint density at radius 3 is 2.59 bits per heavy atom. The molecule has 0 saturated carbocycles. The maximum atomic E-state index is 13.4. The Morgan fingerprint density at radius 1 is 1.12 bits per heavy atom. The summed E-state index contributed by atoms with van der Waals surface area (Å²) in [7, 11) is 0. The highest BCUT2D eigenvalue weighted by Gasteiger charge is 2.19. The van der Waals surface area contributed by atoms with Gasteiger partial charge in [0.2, 0.25) is 17.5 Å². The van der Waals surface area contributed by atoms with Crippen molar-refractivity contribution in [1.82, 2.24) is 24.9 Å². The molecule has 34 heavy (non-hydrogen) atoms.